The first-order chi connectivity index (χ1) is 6.56. The molecule has 0 radical (unpaired) electrons. The van der Waals surface area contributed by atoms with Crippen molar-refractivity contribution in [2.75, 3.05) is 0 Å². The van der Waals surface area contributed by atoms with E-state index in [1.807, 2.05) is 6.08 Å². The molecule has 1 rings (SSSR count). The molecule has 0 fully saturated rings. The summed E-state index contributed by atoms with van der Waals surface area (Å²) in [6.07, 6.45) is 9.57. The second-order valence-corrected chi connectivity index (χ2v) is 4.87. The fourth-order valence-electron chi connectivity index (χ4n) is 2.00. The van der Waals surface area contributed by atoms with Gasteiger partial charge >= 0.3 is 0 Å². The van der Waals surface area contributed by atoms with Crippen LogP contribution in [-0.2, 0) is 0 Å². The molecule has 0 aromatic carbocycles. The Balaban J connectivity index is 2.54. The number of halogens is 1. The highest BCUT2D eigenvalue weighted by Crippen LogP contribution is 2.36. The second kappa shape index (κ2) is 4.99. The Bertz CT molecular complexity index is 245. The van der Waals surface area contributed by atoms with Crippen molar-refractivity contribution in [3.05, 3.63) is 23.3 Å². The molecule has 1 unspecified atom stereocenters. The van der Waals surface area contributed by atoms with Crippen molar-refractivity contribution < 1.29 is 5.11 Å². The molecule has 1 aliphatic carbocycles. The molecule has 2 heteroatoms. The first-order valence-corrected chi connectivity index (χ1v) is 5.66. The van der Waals surface area contributed by atoms with Crippen LogP contribution in [0.4, 0.5) is 0 Å². The Morgan fingerprint density at radius 2 is 2.36 bits per heavy atom. The van der Waals surface area contributed by atoms with Gasteiger partial charge in [-0.1, -0.05) is 44.0 Å². The van der Waals surface area contributed by atoms with Crippen LogP contribution >= 0.6 is 11.6 Å². The van der Waals surface area contributed by atoms with Crippen LogP contribution in [0.2, 0.25) is 0 Å². The lowest BCUT2D eigenvalue weighted by Crippen LogP contribution is -2.22. The molecule has 0 bridgehead atoms. The Kier molecular flexibility index (Phi) is 4.21. The number of hydrogen-bond donors (Lipinski definition) is 1. The van der Waals surface area contributed by atoms with Gasteiger partial charge in [0, 0.05) is 5.03 Å². The van der Waals surface area contributed by atoms with E-state index in [-0.39, 0.29) is 11.5 Å². The Hall–Kier alpha value is -0.270. The van der Waals surface area contributed by atoms with Crippen molar-refractivity contribution >= 4 is 11.6 Å². The maximum atomic E-state index is 9.76. The van der Waals surface area contributed by atoms with Gasteiger partial charge in [-0.25, -0.2) is 0 Å². The number of allylic oxidation sites excluding steroid dienone is 4. The number of hydrogen-bond acceptors (Lipinski definition) is 1. The summed E-state index contributed by atoms with van der Waals surface area (Å²) in [4.78, 5) is 0. The molecule has 0 aromatic rings. The van der Waals surface area contributed by atoms with Crippen LogP contribution in [0.1, 0.15) is 39.5 Å². The topological polar surface area (TPSA) is 20.2 Å². The van der Waals surface area contributed by atoms with Crippen LogP contribution in [0.15, 0.2) is 23.3 Å². The Labute approximate surface area is 91.5 Å². The first-order valence-electron chi connectivity index (χ1n) is 5.29. The van der Waals surface area contributed by atoms with Gasteiger partial charge in [0.2, 0.25) is 0 Å². The van der Waals surface area contributed by atoms with Gasteiger partial charge in [-0.05, 0) is 30.8 Å². The third kappa shape index (κ3) is 3.47. The van der Waals surface area contributed by atoms with Gasteiger partial charge in [-0.15, -0.1) is 0 Å². The van der Waals surface area contributed by atoms with Crippen molar-refractivity contribution in [3.63, 3.8) is 0 Å². The highest BCUT2D eigenvalue weighted by molar-refractivity contribution is 6.31. The summed E-state index contributed by atoms with van der Waals surface area (Å²) in [7, 11) is 0. The van der Waals surface area contributed by atoms with Gasteiger partial charge < -0.3 is 5.11 Å². The van der Waals surface area contributed by atoms with Crippen LogP contribution in [0.5, 0.6) is 0 Å². The van der Waals surface area contributed by atoms with E-state index in [0.717, 1.165) is 30.7 Å². The normalized spacial score (nSPS) is 28.7. The lowest BCUT2D eigenvalue weighted by molar-refractivity contribution is 0.116. The fourth-order valence-corrected chi connectivity index (χ4v) is 2.35. The van der Waals surface area contributed by atoms with Gasteiger partial charge in [0.25, 0.3) is 0 Å². The number of aliphatic hydroxyl groups excluding tert-OH is 1. The van der Waals surface area contributed by atoms with E-state index < -0.39 is 0 Å². The van der Waals surface area contributed by atoms with Crippen LogP contribution in [0, 0.1) is 5.41 Å². The summed E-state index contributed by atoms with van der Waals surface area (Å²) >= 11 is 5.95. The van der Waals surface area contributed by atoms with Gasteiger partial charge in [0.1, 0.15) is 0 Å². The maximum absolute atomic E-state index is 9.76. The highest BCUT2D eigenvalue weighted by Gasteiger charge is 2.25. The maximum Gasteiger partial charge on any atom is 0.0548 e. The van der Waals surface area contributed by atoms with Crippen LogP contribution in [0.3, 0.4) is 0 Å². The Morgan fingerprint density at radius 3 is 2.93 bits per heavy atom. The minimum atomic E-state index is -0.197. The van der Waals surface area contributed by atoms with Gasteiger partial charge in [-0.3, -0.25) is 0 Å². The molecule has 0 aliphatic heterocycles. The van der Waals surface area contributed by atoms with Crippen molar-refractivity contribution in [1.82, 2.24) is 0 Å². The van der Waals surface area contributed by atoms with Crippen LogP contribution < -0.4 is 0 Å². The lowest BCUT2D eigenvalue weighted by Gasteiger charge is -2.29. The lowest BCUT2D eigenvalue weighted by atomic mass is 9.78. The molecule has 1 nitrogen and oxygen atoms in total. The standard InChI is InChI=1S/C12H19ClO/c1-3-5-11(14)9-12(2)7-4-6-10(13)8-12/h4,6,8,11,14H,3,5,7,9H2,1-2H3/t11?,12-/m0/s1. The van der Waals surface area contributed by atoms with E-state index in [1.165, 1.54) is 0 Å². The minimum Gasteiger partial charge on any atom is -0.393 e. The molecule has 0 aromatic heterocycles. The van der Waals surface area contributed by atoms with Gasteiger partial charge in [0.05, 0.1) is 6.10 Å². The summed E-state index contributed by atoms with van der Waals surface area (Å²) in [5.41, 5.74) is 0.0421. The van der Waals surface area contributed by atoms with E-state index in [1.54, 1.807) is 0 Å². The largest absolute Gasteiger partial charge is 0.393 e. The predicted molar refractivity (Wildman–Crippen MR) is 61.3 cm³/mol. The highest BCUT2D eigenvalue weighted by atomic mass is 35.5. The van der Waals surface area contributed by atoms with Crippen molar-refractivity contribution in [3.8, 4) is 0 Å². The number of rotatable bonds is 4. The molecule has 1 N–H and O–H groups in total. The molecule has 80 valence electrons. The van der Waals surface area contributed by atoms with Crippen molar-refractivity contribution in [2.45, 2.75) is 45.6 Å². The van der Waals surface area contributed by atoms with Gasteiger partial charge in [-0.2, -0.15) is 0 Å². The molecule has 0 spiro atoms. The zero-order valence-corrected chi connectivity index (χ0v) is 9.72. The van der Waals surface area contributed by atoms with E-state index in [2.05, 4.69) is 26.0 Å². The van der Waals surface area contributed by atoms with E-state index in [0.29, 0.717) is 0 Å². The summed E-state index contributed by atoms with van der Waals surface area (Å²) in [5.74, 6) is 0. The molecule has 14 heavy (non-hydrogen) atoms. The molecule has 1 aliphatic rings. The third-order valence-corrected chi connectivity index (χ3v) is 2.91. The molecule has 2 atom stereocenters. The van der Waals surface area contributed by atoms with E-state index in [9.17, 15) is 5.11 Å². The van der Waals surface area contributed by atoms with Gasteiger partial charge in [0.15, 0.2) is 0 Å². The quantitative estimate of drug-likeness (QED) is 0.758. The summed E-state index contributed by atoms with van der Waals surface area (Å²) in [5, 5.41) is 10.6. The van der Waals surface area contributed by atoms with Crippen molar-refractivity contribution in [2.24, 2.45) is 5.41 Å². The zero-order chi connectivity index (χ0) is 10.6. The summed E-state index contributed by atoms with van der Waals surface area (Å²) in [6.45, 7) is 4.24. The zero-order valence-electron chi connectivity index (χ0n) is 8.96. The van der Waals surface area contributed by atoms with E-state index >= 15 is 0 Å². The molecule has 0 saturated heterocycles. The van der Waals surface area contributed by atoms with Crippen LogP contribution in [-0.4, -0.2) is 11.2 Å². The average Bonchev–Trinajstić information content (AvgIpc) is 2.02. The smallest absolute Gasteiger partial charge is 0.0548 e. The molecular weight excluding hydrogens is 196 g/mol. The summed E-state index contributed by atoms with van der Waals surface area (Å²) < 4.78 is 0. The second-order valence-electron chi connectivity index (χ2n) is 4.44. The van der Waals surface area contributed by atoms with E-state index in [4.69, 9.17) is 11.6 Å². The first kappa shape index (κ1) is 11.8. The average molecular weight is 215 g/mol. The minimum absolute atomic E-state index is 0.0421. The molecule has 0 heterocycles. The third-order valence-electron chi connectivity index (χ3n) is 2.67. The summed E-state index contributed by atoms with van der Waals surface area (Å²) in [6, 6.07) is 0. The SMILES string of the molecule is CCCC(O)C[C@]1(C)C=C(Cl)C=CC1. The molecular formula is C12H19ClO. The Morgan fingerprint density at radius 1 is 1.64 bits per heavy atom. The monoisotopic (exact) mass is 214 g/mol. The fraction of sp³-hybridized carbons (Fsp3) is 0.667. The number of aliphatic hydroxyl groups is 1. The van der Waals surface area contributed by atoms with Crippen molar-refractivity contribution in [1.29, 1.82) is 0 Å². The molecule has 0 saturated carbocycles. The van der Waals surface area contributed by atoms with Crippen LogP contribution in [0.25, 0.3) is 0 Å². The predicted octanol–water partition coefficient (Wildman–Crippen LogP) is 3.63. The molecule has 0 amide bonds.